The van der Waals surface area contributed by atoms with E-state index in [0.29, 0.717) is 60.2 Å². The van der Waals surface area contributed by atoms with Gasteiger partial charge in [0.2, 0.25) is 5.91 Å². The van der Waals surface area contributed by atoms with Crippen LogP contribution in [0.4, 0.5) is 4.39 Å². The Bertz CT molecular complexity index is 1590. The van der Waals surface area contributed by atoms with Gasteiger partial charge in [-0.3, -0.25) is 9.59 Å². The number of benzene rings is 3. The van der Waals surface area contributed by atoms with Crippen LogP contribution in [0.1, 0.15) is 50.1 Å². The maximum atomic E-state index is 14.7. The molecule has 4 aromatic rings. The normalized spacial score (nSPS) is 17.1. The maximum Gasteiger partial charge on any atom is 0.268 e. The number of rotatable bonds is 1. The molecule has 4 heterocycles. The summed E-state index contributed by atoms with van der Waals surface area (Å²) in [5.41, 5.74) is 4.13. The Hall–Kier alpha value is -4.31. The molecule has 1 N–H and O–H groups in total. The summed E-state index contributed by atoms with van der Waals surface area (Å²) in [5, 5.41) is 6.92. The lowest BCUT2D eigenvalue weighted by molar-refractivity contribution is -0.120. The van der Waals surface area contributed by atoms with Crippen molar-refractivity contribution >= 4 is 23.3 Å². The van der Waals surface area contributed by atoms with Gasteiger partial charge >= 0.3 is 0 Å². The zero-order valence-corrected chi connectivity index (χ0v) is 22.7. The van der Waals surface area contributed by atoms with Gasteiger partial charge in [-0.2, -0.15) is 0 Å². The highest BCUT2D eigenvalue weighted by atomic mass is 32.1. The lowest BCUT2D eigenvalue weighted by atomic mass is 9.87. The zero-order chi connectivity index (χ0) is 27.6. The molecule has 2 amide bonds. The third-order valence-electron chi connectivity index (χ3n) is 7.12. The molecular weight excluding hydrogens is 531 g/mol. The van der Waals surface area contributed by atoms with E-state index in [1.54, 1.807) is 25.1 Å². The molecule has 0 radical (unpaired) electrons. The predicted molar refractivity (Wildman–Crippen MR) is 147 cm³/mol. The average molecular weight is 559 g/mol. The molecule has 0 spiro atoms. The van der Waals surface area contributed by atoms with E-state index in [0.717, 1.165) is 28.2 Å². The van der Waals surface area contributed by atoms with Crippen molar-refractivity contribution in [1.82, 2.24) is 19.8 Å². The second-order valence-electron chi connectivity index (χ2n) is 9.87. The number of carbonyl (C=O) groups excluding carboxylic acids is 2. The van der Waals surface area contributed by atoms with E-state index in [2.05, 4.69) is 14.9 Å². The molecule has 0 saturated carbocycles. The van der Waals surface area contributed by atoms with Crippen LogP contribution in [0.2, 0.25) is 0 Å². The Labute approximate surface area is 234 Å². The molecule has 1 unspecified atom stereocenters. The molecule has 3 aromatic carbocycles. The Morgan fingerprint density at radius 2 is 2.02 bits per heavy atom. The van der Waals surface area contributed by atoms with Gasteiger partial charge in [-0.05, 0) is 89.9 Å². The fourth-order valence-corrected chi connectivity index (χ4v) is 5.79. The minimum absolute atomic E-state index is 0.0570. The van der Waals surface area contributed by atoms with Gasteiger partial charge in [0.15, 0.2) is 11.6 Å². The molecule has 204 valence electrons. The van der Waals surface area contributed by atoms with E-state index in [-0.39, 0.29) is 30.0 Å². The minimum Gasteiger partial charge on any atom is -0.494 e. The van der Waals surface area contributed by atoms with E-state index in [4.69, 9.17) is 9.47 Å². The topological polar surface area (TPSA) is 93.7 Å². The average Bonchev–Trinajstić information content (AvgIpc) is 3.39. The number of ether oxygens (including phenoxy) is 2. The number of fused-ring (bicyclic) bond motifs is 7. The Kier molecular flexibility index (Phi) is 7.17. The lowest BCUT2D eigenvalue weighted by Crippen LogP contribution is -2.40. The van der Waals surface area contributed by atoms with Crippen LogP contribution in [0.3, 0.4) is 0 Å². The second-order valence-corrected chi connectivity index (χ2v) is 10.6. The van der Waals surface area contributed by atoms with Crippen molar-refractivity contribution in [1.29, 1.82) is 0 Å². The molecule has 0 aliphatic carbocycles. The van der Waals surface area contributed by atoms with Crippen molar-refractivity contribution in [2.75, 3.05) is 19.7 Å². The van der Waals surface area contributed by atoms with Crippen LogP contribution < -0.4 is 14.8 Å². The van der Waals surface area contributed by atoms with E-state index in [1.807, 2.05) is 41.3 Å². The number of aryl methyl sites for hydroxylation is 1. The highest BCUT2D eigenvalue weighted by Crippen LogP contribution is 2.40. The largest absolute Gasteiger partial charge is 0.494 e. The van der Waals surface area contributed by atoms with Crippen LogP contribution in [0.25, 0.3) is 0 Å². The number of carbonyl (C=O) groups is 2. The predicted octanol–water partition coefficient (Wildman–Crippen LogP) is 5.01. The Morgan fingerprint density at radius 3 is 2.88 bits per heavy atom. The third kappa shape index (κ3) is 5.27. The minimum atomic E-state index is -0.509. The number of aromatic nitrogens is 2. The van der Waals surface area contributed by atoms with E-state index in [9.17, 15) is 14.0 Å². The smallest absolute Gasteiger partial charge is 0.268 e. The van der Waals surface area contributed by atoms with Crippen molar-refractivity contribution < 1.29 is 23.5 Å². The zero-order valence-electron chi connectivity index (χ0n) is 21.9. The molecule has 8 nitrogen and oxygen atoms in total. The standard InChI is InChI=1S/C30H27FN4O4S/c1-18-29(40-34-33-18)30(37)35-12-10-20-16-23-7-8-24(20)28(35)21-4-2-5-22(17-21)38-13-3-11-32-27(36)15-19-6-9-25(31)26(14-19)39-23/h2,4-9,14,16-17,28H,3,10-13,15H2,1H3,(H,32,36). The van der Waals surface area contributed by atoms with Gasteiger partial charge in [-0.1, -0.05) is 28.8 Å². The molecule has 3 aliphatic heterocycles. The first-order chi connectivity index (χ1) is 19.5. The molecule has 8 bridgehead atoms. The summed E-state index contributed by atoms with van der Waals surface area (Å²) in [4.78, 5) is 28.6. The van der Waals surface area contributed by atoms with Gasteiger partial charge in [0.25, 0.3) is 5.91 Å². The fraction of sp³-hybridized carbons (Fsp3) is 0.267. The number of nitrogens with zero attached hydrogens (tertiary/aromatic N) is 3. The molecule has 3 aliphatic rings. The number of halogens is 1. The van der Waals surface area contributed by atoms with Crippen LogP contribution in [0.15, 0.2) is 60.7 Å². The van der Waals surface area contributed by atoms with Crippen molar-refractivity contribution in [2.45, 2.75) is 32.2 Å². The first-order valence-corrected chi connectivity index (χ1v) is 13.9. The summed E-state index contributed by atoms with van der Waals surface area (Å²) in [5.74, 6) is 0.432. The monoisotopic (exact) mass is 558 g/mol. The highest BCUT2D eigenvalue weighted by molar-refractivity contribution is 7.07. The SMILES string of the molecule is Cc1nnsc1C(=O)N1CCc2cc3ccc2C1c1cccc(c1)OCCCNC(=O)Cc1ccc(F)c(c1)O3. The summed E-state index contributed by atoms with van der Waals surface area (Å²) in [7, 11) is 0. The van der Waals surface area contributed by atoms with E-state index in [1.165, 1.54) is 6.07 Å². The highest BCUT2D eigenvalue weighted by Gasteiger charge is 2.34. The van der Waals surface area contributed by atoms with Crippen LogP contribution >= 0.6 is 11.5 Å². The summed E-state index contributed by atoms with van der Waals surface area (Å²) in [6, 6.07) is 17.4. The quantitative estimate of drug-likeness (QED) is 0.353. The second kappa shape index (κ2) is 11.1. The number of hydrogen-bond donors (Lipinski definition) is 1. The van der Waals surface area contributed by atoms with Gasteiger partial charge in [0.1, 0.15) is 16.4 Å². The van der Waals surface area contributed by atoms with Crippen molar-refractivity contribution in [3.05, 3.63) is 99.3 Å². The molecule has 10 heteroatoms. The number of hydrogen-bond acceptors (Lipinski definition) is 7. The number of nitrogens with one attached hydrogen (secondary N) is 1. The van der Waals surface area contributed by atoms with Crippen molar-refractivity contribution in [3.8, 4) is 17.2 Å². The van der Waals surface area contributed by atoms with E-state index >= 15 is 0 Å². The van der Waals surface area contributed by atoms with Crippen LogP contribution in [-0.4, -0.2) is 46.0 Å². The molecule has 0 fully saturated rings. The first kappa shape index (κ1) is 25.9. The molecule has 0 saturated heterocycles. The Morgan fingerprint density at radius 1 is 1.12 bits per heavy atom. The first-order valence-electron chi connectivity index (χ1n) is 13.1. The molecule has 1 aromatic heterocycles. The van der Waals surface area contributed by atoms with Gasteiger partial charge in [0.05, 0.1) is 24.8 Å². The van der Waals surface area contributed by atoms with Crippen molar-refractivity contribution in [2.24, 2.45) is 0 Å². The van der Waals surface area contributed by atoms with Gasteiger partial charge < -0.3 is 19.7 Å². The molecule has 7 rings (SSSR count). The van der Waals surface area contributed by atoms with Crippen LogP contribution in [0, 0.1) is 12.7 Å². The fourth-order valence-electron chi connectivity index (χ4n) is 5.18. The summed E-state index contributed by atoms with van der Waals surface area (Å²) < 4.78 is 30.6. The van der Waals surface area contributed by atoms with Crippen molar-refractivity contribution in [3.63, 3.8) is 0 Å². The number of amides is 2. The summed E-state index contributed by atoms with van der Waals surface area (Å²) in [6.07, 6.45) is 1.33. The lowest BCUT2D eigenvalue weighted by Gasteiger charge is -2.38. The van der Waals surface area contributed by atoms with Gasteiger partial charge in [-0.25, -0.2) is 4.39 Å². The summed E-state index contributed by atoms with van der Waals surface area (Å²) >= 11 is 1.10. The summed E-state index contributed by atoms with van der Waals surface area (Å²) in [6.45, 7) is 3.12. The molecule has 1 atom stereocenters. The Balaban J connectivity index is 1.42. The van der Waals surface area contributed by atoms with Gasteiger partial charge in [0, 0.05) is 13.1 Å². The maximum absolute atomic E-state index is 14.7. The third-order valence-corrected chi connectivity index (χ3v) is 7.94. The van der Waals surface area contributed by atoms with Crippen LogP contribution in [-0.2, 0) is 17.6 Å². The van der Waals surface area contributed by atoms with Gasteiger partial charge in [-0.15, -0.1) is 5.10 Å². The van der Waals surface area contributed by atoms with Crippen LogP contribution in [0.5, 0.6) is 17.2 Å². The molecular formula is C30H27FN4O4S. The molecule has 40 heavy (non-hydrogen) atoms. The van der Waals surface area contributed by atoms with E-state index < -0.39 is 5.82 Å².